The molecule has 0 aliphatic carbocycles. The van der Waals surface area contributed by atoms with E-state index in [1.165, 1.54) is 0 Å². The van der Waals surface area contributed by atoms with E-state index in [4.69, 9.17) is 9.15 Å². The quantitative estimate of drug-likeness (QED) is 0.746. The number of aromatic nitrogens is 3. The zero-order valence-electron chi connectivity index (χ0n) is 13.1. The number of hydrogen-bond acceptors (Lipinski definition) is 6. The Kier molecular flexibility index (Phi) is 4.81. The molecule has 7 heteroatoms. The first-order valence-corrected chi connectivity index (χ1v) is 7.38. The molecule has 1 amide bonds. The molecule has 1 aromatic carbocycles. The summed E-state index contributed by atoms with van der Waals surface area (Å²) in [6.07, 6.45) is 1.70. The SMILES string of the molecule is COc1ccc(-c2nnc(CC(=O)NCc3ccccn3)o2)cc1. The molecule has 0 saturated heterocycles. The maximum Gasteiger partial charge on any atom is 0.247 e. The van der Waals surface area contributed by atoms with Crippen LogP contribution in [0.15, 0.2) is 53.1 Å². The highest BCUT2D eigenvalue weighted by Gasteiger charge is 2.12. The van der Waals surface area contributed by atoms with Crippen molar-refractivity contribution in [3.05, 3.63) is 60.2 Å². The summed E-state index contributed by atoms with van der Waals surface area (Å²) >= 11 is 0. The van der Waals surface area contributed by atoms with E-state index < -0.39 is 0 Å². The van der Waals surface area contributed by atoms with Gasteiger partial charge in [0.2, 0.25) is 17.7 Å². The Morgan fingerprint density at radius 3 is 2.71 bits per heavy atom. The number of amides is 1. The molecule has 3 rings (SSSR count). The minimum absolute atomic E-state index is 0.0238. The van der Waals surface area contributed by atoms with Crippen molar-refractivity contribution in [2.45, 2.75) is 13.0 Å². The van der Waals surface area contributed by atoms with Crippen LogP contribution in [0.3, 0.4) is 0 Å². The van der Waals surface area contributed by atoms with Gasteiger partial charge in [-0.05, 0) is 36.4 Å². The van der Waals surface area contributed by atoms with Crippen LogP contribution >= 0.6 is 0 Å². The number of nitrogens with zero attached hydrogens (tertiary/aromatic N) is 3. The Morgan fingerprint density at radius 1 is 1.17 bits per heavy atom. The summed E-state index contributed by atoms with van der Waals surface area (Å²) in [6, 6.07) is 12.8. The van der Waals surface area contributed by atoms with Crippen molar-refractivity contribution >= 4 is 5.91 Å². The highest BCUT2D eigenvalue weighted by molar-refractivity contribution is 5.77. The van der Waals surface area contributed by atoms with Gasteiger partial charge >= 0.3 is 0 Å². The van der Waals surface area contributed by atoms with E-state index in [0.29, 0.717) is 12.4 Å². The van der Waals surface area contributed by atoms with E-state index in [2.05, 4.69) is 20.5 Å². The molecule has 24 heavy (non-hydrogen) atoms. The largest absolute Gasteiger partial charge is 0.497 e. The highest BCUT2D eigenvalue weighted by Crippen LogP contribution is 2.21. The molecule has 0 aliphatic heterocycles. The Labute approximate surface area is 138 Å². The fraction of sp³-hybridized carbons (Fsp3) is 0.176. The maximum absolute atomic E-state index is 11.9. The van der Waals surface area contributed by atoms with Gasteiger partial charge in [-0.2, -0.15) is 0 Å². The second-order valence-corrected chi connectivity index (χ2v) is 5.00. The summed E-state index contributed by atoms with van der Waals surface area (Å²) in [4.78, 5) is 16.1. The molecule has 0 unspecified atom stereocenters. The van der Waals surface area contributed by atoms with Crippen molar-refractivity contribution in [3.8, 4) is 17.2 Å². The Hall–Kier alpha value is -3.22. The van der Waals surface area contributed by atoms with Gasteiger partial charge in [0.05, 0.1) is 19.3 Å². The first kappa shape index (κ1) is 15.7. The Bertz CT molecular complexity index is 800. The molecule has 0 atom stereocenters. The minimum Gasteiger partial charge on any atom is -0.497 e. The van der Waals surface area contributed by atoms with Crippen LogP contribution in [0, 0.1) is 0 Å². The van der Waals surface area contributed by atoms with Gasteiger partial charge in [-0.15, -0.1) is 10.2 Å². The van der Waals surface area contributed by atoms with Crippen molar-refractivity contribution < 1.29 is 13.9 Å². The fourth-order valence-electron chi connectivity index (χ4n) is 2.07. The molecular formula is C17H16N4O3. The van der Waals surface area contributed by atoms with Gasteiger partial charge in [0.25, 0.3) is 0 Å². The lowest BCUT2D eigenvalue weighted by atomic mass is 10.2. The van der Waals surface area contributed by atoms with E-state index in [1.54, 1.807) is 25.4 Å². The van der Waals surface area contributed by atoms with Crippen LogP contribution in [0.25, 0.3) is 11.5 Å². The van der Waals surface area contributed by atoms with Crippen LogP contribution < -0.4 is 10.1 Å². The summed E-state index contributed by atoms with van der Waals surface area (Å²) in [7, 11) is 1.60. The zero-order chi connectivity index (χ0) is 16.8. The topological polar surface area (TPSA) is 90.1 Å². The average molecular weight is 324 g/mol. The first-order valence-electron chi connectivity index (χ1n) is 7.38. The van der Waals surface area contributed by atoms with Crippen molar-refractivity contribution in [1.82, 2.24) is 20.5 Å². The number of carbonyl (C=O) groups excluding carboxylic acids is 1. The van der Waals surface area contributed by atoms with E-state index in [-0.39, 0.29) is 18.2 Å². The number of pyridine rings is 1. The standard InChI is InChI=1S/C17H16N4O3/c1-23-14-7-5-12(6-8-14)17-21-20-16(24-17)10-15(22)19-11-13-4-2-3-9-18-13/h2-9H,10-11H2,1H3,(H,19,22). The summed E-state index contributed by atoms with van der Waals surface area (Å²) < 4.78 is 10.6. The lowest BCUT2D eigenvalue weighted by Gasteiger charge is -2.02. The number of ether oxygens (including phenoxy) is 1. The Balaban J connectivity index is 1.58. The lowest BCUT2D eigenvalue weighted by molar-refractivity contribution is -0.120. The monoisotopic (exact) mass is 324 g/mol. The predicted octanol–water partition coefficient (Wildman–Crippen LogP) is 2.00. The van der Waals surface area contributed by atoms with Crippen LogP contribution in [0.2, 0.25) is 0 Å². The average Bonchev–Trinajstić information content (AvgIpc) is 3.09. The van der Waals surface area contributed by atoms with Gasteiger partial charge in [-0.25, -0.2) is 0 Å². The second-order valence-electron chi connectivity index (χ2n) is 5.00. The van der Waals surface area contributed by atoms with Gasteiger partial charge in [-0.1, -0.05) is 6.07 Å². The highest BCUT2D eigenvalue weighted by atomic mass is 16.5. The van der Waals surface area contributed by atoms with Gasteiger partial charge in [0.15, 0.2) is 0 Å². The lowest BCUT2D eigenvalue weighted by Crippen LogP contribution is -2.25. The smallest absolute Gasteiger partial charge is 0.247 e. The third-order valence-corrected chi connectivity index (χ3v) is 3.31. The van der Waals surface area contributed by atoms with Gasteiger partial charge in [0, 0.05) is 11.8 Å². The number of nitrogens with one attached hydrogen (secondary N) is 1. The molecular weight excluding hydrogens is 308 g/mol. The molecule has 0 spiro atoms. The van der Waals surface area contributed by atoms with Gasteiger partial charge in [0.1, 0.15) is 12.2 Å². The molecule has 7 nitrogen and oxygen atoms in total. The van der Waals surface area contributed by atoms with Crippen LogP contribution in [0.5, 0.6) is 5.75 Å². The minimum atomic E-state index is -0.203. The third kappa shape index (κ3) is 3.95. The van der Waals surface area contributed by atoms with Crippen LogP contribution in [0.1, 0.15) is 11.6 Å². The molecule has 122 valence electrons. The van der Waals surface area contributed by atoms with Crippen molar-refractivity contribution in [1.29, 1.82) is 0 Å². The molecule has 0 radical (unpaired) electrons. The molecule has 0 fully saturated rings. The summed E-state index contributed by atoms with van der Waals surface area (Å²) in [5.74, 6) is 1.17. The van der Waals surface area contributed by atoms with E-state index in [1.807, 2.05) is 30.3 Å². The molecule has 2 heterocycles. The van der Waals surface area contributed by atoms with E-state index in [0.717, 1.165) is 17.0 Å². The van der Waals surface area contributed by atoms with Crippen LogP contribution in [-0.2, 0) is 17.8 Å². The van der Waals surface area contributed by atoms with Crippen molar-refractivity contribution in [2.75, 3.05) is 7.11 Å². The third-order valence-electron chi connectivity index (χ3n) is 3.31. The maximum atomic E-state index is 11.9. The molecule has 0 bridgehead atoms. The van der Waals surface area contributed by atoms with Crippen LogP contribution in [-0.4, -0.2) is 28.2 Å². The first-order chi connectivity index (χ1) is 11.7. The van der Waals surface area contributed by atoms with E-state index >= 15 is 0 Å². The molecule has 1 N–H and O–H groups in total. The summed E-state index contributed by atoms with van der Waals surface area (Å²) in [6.45, 7) is 0.360. The molecule has 3 aromatic rings. The summed E-state index contributed by atoms with van der Waals surface area (Å²) in [5.41, 5.74) is 1.55. The number of methoxy groups -OCH3 is 1. The summed E-state index contributed by atoms with van der Waals surface area (Å²) in [5, 5.41) is 10.6. The number of hydrogen-bond donors (Lipinski definition) is 1. The van der Waals surface area contributed by atoms with Gasteiger partial charge in [-0.3, -0.25) is 9.78 Å². The number of carbonyl (C=O) groups is 1. The zero-order valence-corrected chi connectivity index (χ0v) is 13.1. The van der Waals surface area contributed by atoms with Crippen LogP contribution in [0.4, 0.5) is 0 Å². The van der Waals surface area contributed by atoms with Crippen molar-refractivity contribution in [2.24, 2.45) is 0 Å². The molecule has 0 saturated carbocycles. The second kappa shape index (κ2) is 7.36. The molecule has 2 aromatic heterocycles. The molecule has 0 aliphatic rings. The normalized spacial score (nSPS) is 10.4. The number of benzene rings is 1. The van der Waals surface area contributed by atoms with E-state index in [9.17, 15) is 4.79 Å². The Morgan fingerprint density at radius 2 is 2.00 bits per heavy atom. The van der Waals surface area contributed by atoms with Crippen molar-refractivity contribution in [3.63, 3.8) is 0 Å². The predicted molar refractivity (Wildman–Crippen MR) is 86.1 cm³/mol. The van der Waals surface area contributed by atoms with Gasteiger partial charge < -0.3 is 14.5 Å². The fourth-order valence-corrected chi connectivity index (χ4v) is 2.07. The number of rotatable bonds is 6.